The SMILES string of the molecule is O=[N+]([O-])c1ccc(-c2nnc(-c3ccc(N=Nc4ccc(N(CCO)CCO)cc4)cc3)s2)cc1. The van der Waals surface area contributed by atoms with Gasteiger partial charge in [-0.3, -0.25) is 10.1 Å². The molecule has 3 aromatic carbocycles. The summed E-state index contributed by atoms with van der Waals surface area (Å²) in [5, 5.41) is 47.6. The zero-order valence-corrected chi connectivity index (χ0v) is 19.4. The molecule has 0 fully saturated rings. The molecule has 35 heavy (non-hydrogen) atoms. The van der Waals surface area contributed by atoms with Crippen LogP contribution in [0.3, 0.4) is 0 Å². The fourth-order valence-corrected chi connectivity index (χ4v) is 4.16. The number of nitrogens with zero attached hydrogens (tertiary/aromatic N) is 6. The van der Waals surface area contributed by atoms with Crippen LogP contribution in [0.2, 0.25) is 0 Å². The molecule has 10 nitrogen and oxygen atoms in total. The number of azo groups is 1. The maximum absolute atomic E-state index is 10.8. The van der Waals surface area contributed by atoms with E-state index in [1.54, 1.807) is 12.1 Å². The average molecular weight is 491 g/mol. The third-order valence-electron chi connectivity index (χ3n) is 5.10. The summed E-state index contributed by atoms with van der Waals surface area (Å²) >= 11 is 1.40. The van der Waals surface area contributed by atoms with Crippen molar-refractivity contribution in [2.75, 3.05) is 31.2 Å². The van der Waals surface area contributed by atoms with Crippen molar-refractivity contribution < 1.29 is 15.1 Å². The molecule has 4 aromatic rings. The summed E-state index contributed by atoms with van der Waals surface area (Å²) < 4.78 is 0. The highest BCUT2D eigenvalue weighted by Crippen LogP contribution is 2.32. The molecular formula is C24H22N6O4S. The quantitative estimate of drug-likeness (QED) is 0.181. The van der Waals surface area contributed by atoms with E-state index in [4.69, 9.17) is 0 Å². The van der Waals surface area contributed by atoms with Crippen LogP contribution in [0, 0.1) is 10.1 Å². The number of aliphatic hydroxyl groups excluding tert-OH is 2. The molecule has 11 heteroatoms. The van der Waals surface area contributed by atoms with Gasteiger partial charge in [-0.1, -0.05) is 11.3 Å². The molecule has 0 aliphatic heterocycles. The molecule has 0 spiro atoms. The van der Waals surface area contributed by atoms with E-state index in [0.717, 1.165) is 21.8 Å². The molecule has 0 atom stereocenters. The normalized spacial score (nSPS) is 11.1. The fourth-order valence-electron chi connectivity index (χ4n) is 3.31. The van der Waals surface area contributed by atoms with E-state index < -0.39 is 4.92 Å². The lowest BCUT2D eigenvalue weighted by Crippen LogP contribution is -2.29. The lowest BCUT2D eigenvalue weighted by atomic mass is 10.2. The van der Waals surface area contributed by atoms with Crippen LogP contribution in [0.15, 0.2) is 83.0 Å². The Kier molecular flexibility index (Phi) is 7.83. The minimum absolute atomic E-state index is 0.00681. The van der Waals surface area contributed by atoms with E-state index in [1.807, 2.05) is 53.4 Å². The summed E-state index contributed by atoms with van der Waals surface area (Å²) in [6.07, 6.45) is 0. The molecule has 1 heterocycles. The standard InChI is InChI=1S/C24H22N6O4S/c31-15-13-29(14-16-32)21-11-7-20(8-12-21)26-25-19-5-1-17(2-6-19)23-27-28-24(35-23)18-3-9-22(10-4-18)30(33)34/h1-12,31-32H,13-16H2. The van der Waals surface area contributed by atoms with Gasteiger partial charge in [-0.15, -0.1) is 10.2 Å². The van der Waals surface area contributed by atoms with Crippen molar-refractivity contribution in [3.8, 4) is 21.1 Å². The molecule has 2 N–H and O–H groups in total. The Balaban J connectivity index is 1.42. The number of hydrogen-bond donors (Lipinski definition) is 2. The van der Waals surface area contributed by atoms with E-state index in [2.05, 4.69) is 20.4 Å². The lowest BCUT2D eigenvalue weighted by molar-refractivity contribution is -0.384. The second kappa shape index (κ2) is 11.4. The number of nitro groups is 1. The largest absolute Gasteiger partial charge is 0.395 e. The maximum Gasteiger partial charge on any atom is 0.269 e. The Bertz CT molecular complexity index is 1290. The Hall–Kier alpha value is -4.06. The Labute approximate surface area is 205 Å². The Morgan fingerprint density at radius 3 is 1.69 bits per heavy atom. The smallest absolute Gasteiger partial charge is 0.269 e. The zero-order valence-electron chi connectivity index (χ0n) is 18.6. The first kappa shape index (κ1) is 24.1. The van der Waals surface area contributed by atoms with Gasteiger partial charge in [0.05, 0.1) is 29.5 Å². The average Bonchev–Trinajstić information content (AvgIpc) is 3.38. The molecule has 0 bridgehead atoms. The highest BCUT2D eigenvalue weighted by atomic mass is 32.1. The summed E-state index contributed by atoms with van der Waals surface area (Å²) in [6, 6.07) is 21.1. The molecule has 0 aliphatic carbocycles. The number of hydrogen-bond acceptors (Lipinski definition) is 10. The molecule has 0 saturated carbocycles. The summed E-state index contributed by atoms with van der Waals surface area (Å²) in [5.41, 5.74) is 3.94. The van der Waals surface area contributed by atoms with Crippen molar-refractivity contribution >= 4 is 34.1 Å². The lowest BCUT2D eigenvalue weighted by Gasteiger charge is -2.22. The second-order valence-electron chi connectivity index (χ2n) is 7.41. The zero-order chi connectivity index (χ0) is 24.6. The molecular weight excluding hydrogens is 468 g/mol. The van der Waals surface area contributed by atoms with Gasteiger partial charge < -0.3 is 15.1 Å². The van der Waals surface area contributed by atoms with Gasteiger partial charge in [0.25, 0.3) is 5.69 Å². The van der Waals surface area contributed by atoms with Gasteiger partial charge in [-0.25, -0.2) is 0 Å². The van der Waals surface area contributed by atoms with Crippen LogP contribution in [0.25, 0.3) is 21.1 Å². The minimum atomic E-state index is -0.435. The van der Waals surface area contributed by atoms with E-state index in [9.17, 15) is 20.3 Å². The minimum Gasteiger partial charge on any atom is -0.395 e. The molecule has 1 aromatic heterocycles. The van der Waals surface area contributed by atoms with Crippen molar-refractivity contribution in [2.24, 2.45) is 10.2 Å². The van der Waals surface area contributed by atoms with E-state index in [-0.39, 0.29) is 18.9 Å². The van der Waals surface area contributed by atoms with Gasteiger partial charge in [0, 0.05) is 42.0 Å². The first-order valence-electron chi connectivity index (χ1n) is 10.7. The third-order valence-corrected chi connectivity index (χ3v) is 6.12. The van der Waals surface area contributed by atoms with Gasteiger partial charge in [-0.05, 0) is 60.7 Å². The monoisotopic (exact) mass is 490 g/mol. The number of aromatic nitrogens is 2. The van der Waals surface area contributed by atoms with Crippen LogP contribution in [0.5, 0.6) is 0 Å². The molecule has 0 amide bonds. The highest BCUT2D eigenvalue weighted by molar-refractivity contribution is 7.17. The van der Waals surface area contributed by atoms with E-state index >= 15 is 0 Å². The van der Waals surface area contributed by atoms with Crippen molar-refractivity contribution in [1.29, 1.82) is 0 Å². The number of anilines is 1. The number of benzene rings is 3. The topological polar surface area (TPSA) is 137 Å². The summed E-state index contributed by atoms with van der Waals surface area (Å²) in [4.78, 5) is 12.3. The van der Waals surface area contributed by atoms with Gasteiger partial charge in [0.2, 0.25) is 0 Å². The van der Waals surface area contributed by atoms with Crippen molar-refractivity contribution in [1.82, 2.24) is 10.2 Å². The molecule has 0 radical (unpaired) electrons. The van der Waals surface area contributed by atoms with Gasteiger partial charge in [0.15, 0.2) is 0 Å². The third kappa shape index (κ3) is 6.09. The number of non-ortho nitro benzene ring substituents is 1. The predicted molar refractivity (Wildman–Crippen MR) is 134 cm³/mol. The van der Waals surface area contributed by atoms with Crippen LogP contribution in [0.1, 0.15) is 0 Å². The van der Waals surface area contributed by atoms with Crippen molar-refractivity contribution in [3.63, 3.8) is 0 Å². The van der Waals surface area contributed by atoms with E-state index in [1.165, 1.54) is 23.5 Å². The summed E-state index contributed by atoms with van der Waals surface area (Å²) in [6.45, 7) is 0.898. The molecule has 0 unspecified atom stereocenters. The maximum atomic E-state index is 10.8. The van der Waals surface area contributed by atoms with Crippen LogP contribution < -0.4 is 4.90 Å². The molecule has 0 saturated heterocycles. The second-order valence-corrected chi connectivity index (χ2v) is 8.39. The summed E-state index contributed by atoms with van der Waals surface area (Å²) in [7, 11) is 0. The van der Waals surface area contributed by atoms with Gasteiger partial charge >= 0.3 is 0 Å². The predicted octanol–water partition coefficient (Wildman–Crippen LogP) is 4.99. The molecule has 4 rings (SSSR count). The number of aliphatic hydroxyl groups is 2. The van der Waals surface area contributed by atoms with Gasteiger partial charge in [-0.2, -0.15) is 10.2 Å². The van der Waals surface area contributed by atoms with Gasteiger partial charge in [0.1, 0.15) is 10.0 Å². The number of nitro benzene ring substituents is 1. The van der Waals surface area contributed by atoms with Crippen LogP contribution >= 0.6 is 11.3 Å². The van der Waals surface area contributed by atoms with Crippen molar-refractivity contribution in [2.45, 2.75) is 0 Å². The van der Waals surface area contributed by atoms with Crippen LogP contribution in [-0.2, 0) is 0 Å². The molecule has 0 aliphatic rings. The Morgan fingerprint density at radius 1 is 0.771 bits per heavy atom. The highest BCUT2D eigenvalue weighted by Gasteiger charge is 2.11. The number of rotatable bonds is 10. The summed E-state index contributed by atoms with van der Waals surface area (Å²) in [5.74, 6) is 0. The first-order valence-corrected chi connectivity index (χ1v) is 11.6. The van der Waals surface area contributed by atoms with Crippen LogP contribution in [0.4, 0.5) is 22.7 Å². The first-order chi connectivity index (χ1) is 17.1. The van der Waals surface area contributed by atoms with E-state index in [0.29, 0.717) is 29.5 Å². The van der Waals surface area contributed by atoms with Crippen LogP contribution in [-0.4, -0.2) is 51.6 Å². The Morgan fingerprint density at radius 2 is 1.23 bits per heavy atom. The fraction of sp³-hybridized carbons (Fsp3) is 0.167. The molecule has 178 valence electrons. The van der Waals surface area contributed by atoms with Crippen molar-refractivity contribution in [3.05, 3.63) is 82.9 Å².